The topological polar surface area (TPSA) is 35.2 Å². The maximum Gasteiger partial charge on any atom is 0.190 e. The summed E-state index contributed by atoms with van der Waals surface area (Å²) >= 11 is 0. The highest BCUT2D eigenvalue weighted by atomic mass is 19.1. The van der Waals surface area contributed by atoms with Crippen LogP contribution in [0.3, 0.4) is 0 Å². The number of hydrogen-bond acceptors (Lipinski definition) is 2. The predicted molar refractivity (Wildman–Crippen MR) is 64.1 cm³/mol. The lowest BCUT2D eigenvalue weighted by molar-refractivity contribution is 0.235. The zero-order valence-corrected chi connectivity index (χ0v) is 10.3. The Bertz CT molecular complexity index is 345. The van der Waals surface area contributed by atoms with Crippen LogP contribution in [0, 0.1) is 17.6 Å². The number of benzene rings is 1. The van der Waals surface area contributed by atoms with Gasteiger partial charge in [0.15, 0.2) is 17.4 Å². The van der Waals surface area contributed by atoms with Crippen LogP contribution in [-0.4, -0.2) is 13.2 Å². The van der Waals surface area contributed by atoms with Gasteiger partial charge in [-0.2, -0.15) is 0 Å². The molecule has 0 saturated carbocycles. The average Bonchev–Trinajstić information content (AvgIpc) is 2.28. The zero-order chi connectivity index (χ0) is 12.8. The van der Waals surface area contributed by atoms with Gasteiger partial charge in [0.2, 0.25) is 0 Å². The molecule has 4 heteroatoms. The lowest BCUT2D eigenvalue weighted by Gasteiger charge is -2.13. The number of ether oxygens (including phenoxy) is 1. The van der Waals surface area contributed by atoms with Crippen molar-refractivity contribution in [1.82, 2.24) is 0 Å². The van der Waals surface area contributed by atoms with Crippen molar-refractivity contribution in [3.8, 4) is 5.75 Å². The molecule has 0 aliphatic carbocycles. The largest absolute Gasteiger partial charge is 0.487 e. The van der Waals surface area contributed by atoms with E-state index in [0.29, 0.717) is 25.1 Å². The first kappa shape index (κ1) is 13.9. The van der Waals surface area contributed by atoms with Gasteiger partial charge in [-0.05, 0) is 36.6 Å². The summed E-state index contributed by atoms with van der Waals surface area (Å²) in [5, 5.41) is 0. The lowest BCUT2D eigenvalue weighted by atomic mass is 10.1. The van der Waals surface area contributed by atoms with E-state index in [9.17, 15) is 8.78 Å². The minimum Gasteiger partial charge on any atom is -0.487 e. The molecule has 0 heterocycles. The molecule has 2 nitrogen and oxygen atoms in total. The molecule has 0 radical (unpaired) electrons. The van der Waals surface area contributed by atoms with Crippen molar-refractivity contribution in [3.05, 3.63) is 29.3 Å². The minimum absolute atomic E-state index is 0.275. The normalized spacial score (nSPS) is 12.5. The molecular weight excluding hydrogens is 224 g/mol. The van der Waals surface area contributed by atoms with E-state index in [-0.39, 0.29) is 11.7 Å². The van der Waals surface area contributed by atoms with E-state index in [4.69, 9.17) is 10.5 Å². The summed E-state index contributed by atoms with van der Waals surface area (Å²) in [5.41, 5.74) is 5.89. The van der Waals surface area contributed by atoms with Crippen LogP contribution in [0.15, 0.2) is 12.1 Å². The summed E-state index contributed by atoms with van der Waals surface area (Å²) in [5.74, 6) is -1.32. The van der Waals surface area contributed by atoms with E-state index in [1.165, 1.54) is 12.1 Å². The molecule has 0 aromatic heterocycles. The molecule has 2 N–H and O–H groups in total. The molecule has 1 atom stereocenters. The molecule has 0 amide bonds. The molecule has 0 saturated heterocycles. The van der Waals surface area contributed by atoms with E-state index in [1.807, 2.05) is 13.8 Å². The molecule has 0 bridgehead atoms. The monoisotopic (exact) mass is 243 g/mol. The molecule has 1 unspecified atom stereocenters. The van der Waals surface area contributed by atoms with Gasteiger partial charge in [-0.3, -0.25) is 0 Å². The van der Waals surface area contributed by atoms with E-state index < -0.39 is 11.6 Å². The smallest absolute Gasteiger partial charge is 0.190 e. The zero-order valence-electron chi connectivity index (χ0n) is 10.3. The van der Waals surface area contributed by atoms with Crippen molar-refractivity contribution in [1.29, 1.82) is 0 Å². The quantitative estimate of drug-likeness (QED) is 0.833. The Morgan fingerprint density at radius 3 is 2.35 bits per heavy atom. The van der Waals surface area contributed by atoms with Crippen molar-refractivity contribution < 1.29 is 13.5 Å². The number of nitrogens with two attached hydrogens (primary N) is 1. The van der Waals surface area contributed by atoms with Crippen LogP contribution < -0.4 is 10.5 Å². The first-order valence-corrected chi connectivity index (χ1v) is 5.89. The van der Waals surface area contributed by atoms with Gasteiger partial charge in [0.05, 0.1) is 6.61 Å². The van der Waals surface area contributed by atoms with E-state index in [2.05, 4.69) is 0 Å². The van der Waals surface area contributed by atoms with Crippen LogP contribution in [0.1, 0.15) is 25.8 Å². The molecular formula is C13H19F2NO. The van der Waals surface area contributed by atoms with Crippen LogP contribution in [0.4, 0.5) is 8.78 Å². The van der Waals surface area contributed by atoms with Crippen molar-refractivity contribution in [2.24, 2.45) is 11.7 Å². The fraction of sp³-hybridized carbons (Fsp3) is 0.538. The summed E-state index contributed by atoms with van der Waals surface area (Å²) in [4.78, 5) is 0. The first-order chi connectivity index (χ1) is 8.08. The molecule has 1 rings (SSSR count). The molecule has 0 aliphatic heterocycles. The Morgan fingerprint density at radius 2 is 1.88 bits per heavy atom. The summed E-state index contributed by atoms with van der Waals surface area (Å²) in [6.07, 6.45) is 1.37. The predicted octanol–water partition coefficient (Wildman–Crippen LogP) is 2.89. The number of hydrogen-bond donors (Lipinski definition) is 1. The van der Waals surface area contributed by atoms with Crippen molar-refractivity contribution in [2.75, 3.05) is 13.2 Å². The Labute approximate surface area is 101 Å². The Balaban J connectivity index is 2.78. The molecule has 1 aromatic rings. The highest BCUT2D eigenvalue weighted by Gasteiger charge is 2.13. The molecule has 96 valence electrons. The van der Waals surface area contributed by atoms with Gasteiger partial charge < -0.3 is 10.5 Å². The van der Waals surface area contributed by atoms with Crippen LogP contribution >= 0.6 is 0 Å². The third-order valence-electron chi connectivity index (χ3n) is 2.70. The van der Waals surface area contributed by atoms with Gasteiger partial charge in [-0.1, -0.05) is 20.3 Å². The molecule has 0 aliphatic rings. The summed E-state index contributed by atoms with van der Waals surface area (Å²) < 4.78 is 32.3. The maximum absolute atomic E-state index is 13.6. The SMILES string of the molecule is CCC(C)COc1c(F)cc(CCN)cc1F. The van der Waals surface area contributed by atoms with Gasteiger partial charge >= 0.3 is 0 Å². The molecule has 0 fully saturated rings. The third-order valence-corrected chi connectivity index (χ3v) is 2.70. The second-order valence-electron chi connectivity index (χ2n) is 4.25. The van der Waals surface area contributed by atoms with Crippen molar-refractivity contribution in [2.45, 2.75) is 26.7 Å². The van der Waals surface area contributed by atoms with Gasteiger partial charge in [-0.25, -0.2) is 8.78 Å². The van der Waals surface area contributed by atoms with Crippen LogP contribution in [0.5, 0.6) is 5.75 Å². The lowest BCUT2D eigenvalue weighted by Crippen LogP contribution is -2.10. The fourth-order valence-corrected chi connectivity index (χ4v) is 1.40. The standard InChI is InChI=1S/C13H19F2NO/c1-3-9(2)8-17-13-11(14)6-10(4-5-16)7-12(13)15/h6-7,9H,3-5,8,16H2,1-2H3. The highest BCUT2D eigenvalue weighted by molar-refractivity contribution is 5.31. The second kappa shape index (κ2) is 6.55. The Kier molecular flexibility index (Phi) is 5.35. The van der Waals surface area contributed by atoms with Crippen LogP contribution in [0.25, 0.3) is 0 Å². The van der Waals surface area contributed by atoms with Gasteiger partial charge in [0.25, 0.3) is 0 Å². The molecule has 0 spiro atoms. The van der Waals surface area contributed by atoms with Crippen LogP contribution in [-0.2, 0) is 6.42 Å². The van der Waals surface area contributed by atoms with Crippen molar-refractivity contribution in [3.63, 3.8) is 0 Å². The van der Waals surface area contributed by atoms with Crippen LogP contribution in [0.2, 0.25) is 0 Å². The van der Waals surface area contributed by atoms with Crippen molar-refractivity contribution >= 4 is 0 Å². The average molecular weight is 243 g/mol. The minimum atomic E-state index is -0.656. The first-order valence-electron chi connectivity index (χ1n) is 5.89. The van der Waals surface area contributed by atoms with E-state index in [0.717, 1.165) is 6.42 Å². The number of rotatable bonds is 6. The second-order valence-corrected chi connectivity index (χ2v) is 4.25. The number of halogens is 2. The third kappa shape index (κ3) is 3.97. The van der Waals surface area contributed by atoms with Gasteiger partial charge in [0.1, 0.15) is 0 Å². The Morgan fingerprint density at radius 1 is 1.29 bits per heavy atom. The van der Waals surface area contributed by atoms with E-state index >= 15 is 0 Å². The van der Waals surface area contributed by atoms with E-state index in [1.54, 1.807) is 0 Å². The summed E-state index contributed by atoms with van der Waals surface area (Å²) in [7, 11) is 0. The molecule has 1 aromatic carbocycles. The molecule has 17 heavy (non-hydrogen) atoms. The maximum atomic E-state index is 13.6. The summed E-state index contributed by atoms with van der Waals surface area (Å²) in [6, 6.07) is 2.56. The van der Waals surface area contributed by atoms with Gasteiger partial charge in [-0.15, -0.1) is 0 Å². The van der Waals surface area contributed by atoms with Gasteiger partial charge in [0, 0.05) is 0 Å². The fourth-order valence-electron chi connectivity index (χ4n) is 1.40. The summed E-state index contributed by atoms with van der Waals surface area (Å²) in [6.45, 7) is 4.66. The Hall–Kier alpha value is -1.16. The highest BCUT2D eigenvalue weighted by Crippen LogP contribution is 2.24.